The van der Waals surface area contributed by atoms with Gasteiger partial charge in [0, 0.05) is 13.1 Å². The van der Waals surface area contributed by atoms with Gasteiger partial charge >= 0.3 is 0 Å². The van der Waals surface area contributed by atoms with Crippen LogP contribution in [0.3, 0.4) is 0 Å². The molecule has 0 aliphatic heterocycles. The Morgan fingerprint density at radius 1 is 1.27 bits per heavy atom. The maximum absolute atomic E-state index is 9.12. The van der Waals surface area contributed by atoms with E-state index in [9.17, 15) is 0 Å². The van der Waals surface area contributed by atoms with Crippen molar-refractivity contribution < 1.29 is 10.2 Å². The van der Waals surface area contributed by atoms with Gasteiger partial charge in [0.15, 0.2) is 0 Å². The van der Waals surface area contributed by atoms with Crippen LogP contribution in [0, 0.1) is 13.8 Å². The fourth-order valence-corrected chi connectivity index (χ4v) is 1.36. The number of nitrogens with one attached hydrogen (secondary N) is 1. The van der Waals surface area contributed by atoms with E-state index in [-0.39, 0.29) is 6.61 Å². The summed E-state index contributed by atoms with van der Waals surface area (Å²) < 4.78 is 0. The molecule has 0 saturated heterocycles. The number of aryl methyl sites for hydroxylation is 2. The van der Waals surface area contributed by atoms with Crippen molar-refractivity contribution in [2.75, 3.05) is 13.2 Å². The summed E-state index contributed by atoms with van der Waals surface area (Å²) in [4.78, 5) is 0. The lowest BCUT2D eigenvalue weighted by Crippen LogP contribution is -2.28. The second-order valence-electron chi connectivity index (χ2n) is 3.89. The van der Waals surface area contributed by atoms with Gasteiger partial charge in [-0.2, -0.15) is 0 Å². The minimum Gasteiger partial charge on any atom is -0.394 e. The Hall–Kier alpha value is -0.900. The molecule has 0 amide bonds. The first-order valence-electron chi connectivity index (χ1n) is 5.19. The highest BCUT2D eigenvalue weighted by Crippen LogP contribution is 2.09. The Bertz CT molecular complexity index is 312. The van der Waals surface area contributed by atoms with Gasteiger partial charge in [-0.15, -0.1) is 0 Å². The van der Waals surface area contributed by atoms with E-state index in [1.165, 1.54) is 16.7 Å². The summed E-state index contributed by atoms with van der Waals surface area (Å²) in [5.74, 6) is 0. The molecule has 1 atom stereocenters. The maximum Gasteiger partial charge on any atom is 0.0895 e. The molecule has 1 rings (SSSR count). The summed E-state index contributed by atoms with van der Waals surface area (Å²) in [6.07, 6.45) is -0.670. The van der Waals surface area contributed by atoms with Crippen LogP contribution < -0.4 is 5.32 Å². The highest BCUT2D eigenvalue weighted by atomic mass is 16.3. The summed E-state index contributed by atoms with van der Waals surface area (Å²) in [5, 5.41) is 20.8. The van der Waals surface area contributed by atoms with Crippen molar-refractivity contribution in [2.24, 2.45) is 0 Å². The summed E-state index contributed by atoms with van der Waals surface area (Å²) >= 11 is 0. The predicted octanol–water partition coefficient (Wildman–Crippen LogP) is 0.746. The molecule has 0 saturated carbocycles. The molecule has 0 aromatic heterocycles. The lowest BCUT2D eigenvalue weighted by atomic mass is 10.1. The van der Waals surface area contributed by atoms with Crippen LogP contribution in [0.4, 0.5) is 0 Å². The molecular formula is C12H19NO2. The largest absolute Gasteiger partial charge is 0.394 e. The summed E-state index contributed by atoms with van der Waals surface area (Å²) in [6, 6.07) is 6.29. The third-order valence-electron chi connectivity index (χ3n) is 2.49. The minimum absolute atomic E-state index is 0.195. The van der Waals surface area contributed by atoms with E-state index in [0.29, 0.717) is 6.54 Å². The Kier molecular flexibility index (Phi) is 4.75. The van der Waals surface area contributed by atoms with E-state index >= 15 is 0 Å². The summed E-state index contributed by atoms with van der Waals surface area (Å²) in [7, 11) is 0. The van der Waals surface area contributed by atoms with Crippen molar-refractivity contribution in [3.8, 4) is 0 Å². The van der Waals surface area contributed by atoms with Gasteiger partial charge in [-0.1, -0.05) is 18.2 Å². The molecule has 0 aliphatic rings. The van der Waals surface area contributed by atoms with Crippen molar-refractivity contribution >= 4 is 0 Å². The number of hydrogen-bond donors (Lipinski definition) is 3. The third-order valence-corrected chi connectivity index (χ3v) is 2.49. The SMILES string of the molecule is Cc1ccc(CNCC(O)CO)cc1C. The molecule has 3 heteroatoms. The Morgan fingerprint density at radius 3 is 2.60 bits per heavy atom. The van der Waals surface area contributed by atoms with Gasteiger partial charge in [0.2, 0.25) is 0 Å². The number of rotatable bonds is 5. The van der Waals surface area contributed by atoms with E-state index in [4.69, 9.17) is 10.2 Å². The van der Waals surface area contributed by atoms with Crippen LogP contribution in [0.5, 0.6) is 0 Å². The van der Waals surface area contributed by atoms with Gasteiger partial charge in [0.1, 0.15) is 0 Å². The van der Waals surface area contributed by atoms with E-state index in [1.807, 2.05) is 0 Å². The minimum atomic E-state index is -0.670. The molecule has 3 nitrogen and oxygen atoms in total. The van der Waals surface area contributed by atoms with Gasteiger partial charge in [0.25, 0.3) is 0 Å². The van der Waals surface area contributed by atoms with Gasteiger partial charge < -0.3 is 15.5 Å². The van der Waals surface area contributed by atoms with E-state index in [1.54, 1.807) is 0 Å². The highest BCUT2D eigenvalue weighted by Gasteiger charge is 2.01. The molecule has 1 aromatic carbocycles. The van der Waals surface area contributed by atoms with Crippen molar-refractivity contribution in [2.45, 2.75) is 26.5 Å². The molecule has 0 heterocycles. The van der Waals surface area contributed by atoms with E-state index < -0.39 is 6.10 Å². The second-order valence-corrected chi connectivity index (χ2v) is 3.89. The summed E-state index contributed by atoms with van der Waals surface area (Å²) in [5.41, 5.74) is 3.76. The van der Waals surface area contributed by atoms with Crippen LogP contribution in [-0.4, -0.2) is 29.5 Å². The monoisotopic (exact) mass is 209 g/mol. The molecule has 0 aliphatic carbocycles. The molecule has 1 unspecified atom stereocenters. The normalized spacial score (nSPS) is 12.8. The third kappa shape index (κ3) is 4.00. The Balaban J connectivity index is 2.41. The molecule has 0 fully saturated rings. The number of benzene rings is 1. The first kappa shape index (κ1) is 12.2. The zero-order valence-electron chi connectivity index (χ0n) is 9.33. The summed E-state index contributed by atoms with van der Waals surface area (Å²) in [6.45, 7) is 5.12. The molecule has 0 spiro atoms. The van der Waals surface area contributed by atoms with Gasteiger partial charge in [-0.05, 0) is 30.5 Å². The average molecular weight is 209 g/mol. The topological polar surface area (TPSA) is 52.5 Å². The fraction of sp³-hybridized carbons (Fsp3) is 0.500. The van der Waals surface area contributed by atoms with Gasteiger partial charge in [0.05, 0.1) is 12.7 Å². The number of aliphatic hydroxyl groups is 2. The quantitative estimate of drug-likeness (QED) is 0.670. The first-order chi connectivity index (χ1) is 7.13. The van der Waals surface area contributed by atoms with Crippen LogP contribution in [-0.2, 0) is 6.54 Å². The zero-order valence-corrected chi connectivity index (χ0v) is 9.33. The van der Waals surface area contributed by atoms with Crippen LogP contribution in [0.2, 0.25) is 0 Å². The highest BCUT2D eigenvalue weighted by molar-refractivity contribution is 5.29. The number of aliphatic hydroxyl groups excluding tert-OH is 2. The first-order valence-corrected chi connectivity index (χ1v) is 5.19. The Labute approximate surface area is 90.8 Å². The van der Waals surface area contributed by atoms with Crippen LogP contribution in [0.15, 0.2) is 18.2 Å². The molecule has 0 radical (unpaired) electrons. The average Bonchev–Trinajstić information content (AvgIpc) is 2.23. The van der Waals surface area contributed by atoms with Crippen LogP contribution in [0.1, 0.15) is 16.7 Å². The Morgan fingerprint density at radius 2 is 2.00 bits per heavy atom. The smallest absolute Gasteiger partial charge is 0.0895 e. The van der Waals surface area contributed by atoms with Crippen molar-refractivity contribution in [1.82, 2.24) is 5.32 Å². The van der Waals surface area contributed by atoms with Crippen LogP contribution in [0.25, 0.3) is 0 Å². The maximum atomic E-state index is 9.12. The standard InChI is InChI=1S/C12H19NO2/c1-9-3-4-11(5-10(9)2)6-13-7-12(15)8-14/h3-5,12-15H,6-8H2,1-2H3. The van der Waals surface area contributed by atoms with E-state index in [0.717, 1.165) is 6.54 Å². The predicted molar refractivity (Wildman–Crippen MR) is 60.7 cm³/mol. The molecule has 15 heavy (non-hydrogen) atoms. The lowest BCUT2D eigenvalue weighted by Gasteiger charge is -2.10. The molecule has 0 bridgehead atoms. The second kappa shape index (κ2) is 5.85. The lowest BCUT2D eigenvalue weighted by molar-refractivity contribution is 0.0942. The molecule has 3 N–H and O–H groups in total. The van der Waals surface area contributed by atoms with Crippen molar-refractivity contribution in [1.29, 1.82) is 0 Å². The van der Waals surface area contributed by atoms with Gasteiger partial charge in [-0.25, -0.2) is 0 Å². The van der Waals surface area contributed by atoms with Crippen LogP contribution >= 0.6 is 0 Å². The zero-order chi connectivity index (χ0) is 11.3. The van der Waals surface area contributed by atoms with Crippen molar-refractivity contribution in [3.05, 3.63) is 34.9 Å². The molecule has 1 aromatic rings. The number of hydrogen-bond acceptors (Lipinski definition) is 3. The molecular weight excluding hydrogens is 190 g/mol. The van der Waals surface area contributed by atoms with Gasteiger partial charge in [-0.3, -0.25) is 0 Å². The molecule has 84 valence electrons. The van der Waals surface area contributed by atoms with E-state index in [2.05, 4.69) is 37.4 Å². The fourth-order valence-electron chi connectivity index (χ4n) is 1.36. The van der Waals surface area contributed by atoms with Crippen molar-refractivity contribution in [3.63, 3.8) is 0 Å².